The van der Waals surface area contributed by atoms with E-state index >= 15 is 0 Å². The van der Waals surface area contributed by atoms with Crippen molar-refractivity contribution in [3.8, 4) is 17.0 Å². The van der Waals surface area contributed by atoms with Crippen LogP contribution in [0, 0.1) is 5.92 Å². The zero-order valence-electron chi connectivity index (χ0n) is 25.5. The number of hydrogen-bond acceptors (Lipinski definition) is 5. The van der Waals surface area contributed by atoms with E-state index in [-0.39, 0.29) is 17.6 Å². The molecule has 2 N–H and O–H groups in total. The Morgan fingerprint density at radius 2 is 1.71 bits per heavy atom. The minimum absolute atomic E-state index is 0.0489. The molecule has 6 rings (SSSR count). The van der Waals surface area contributed by atoms with E-state index in [0.717, 1.165) is 86.1 Å². The van der Waals surface area contributed by atoms with Crippen LogP contribution in [-0.4, -0.2) is 65.0 Å². The van der Waals surface area contributed by atoms with Crippen molar-refractivity contribution in [1.82, 2.24) is 20.4 Å². The molecule has 7 nitrogen and oxygen atoms in total. The van der Waals surface area contributed by atoms with Crippen LogP contribution in [0.4, 0.5) is 0 Å². The standard InChI is InChI=1S/C35H48N4O3/c1-25(2)23-39-20-16-29(17-21-39)41-28-13-10-26(11-14-28)33-31-22-27(12-15-32(31)37-38-33)34(40)36-24-35(18-6-3-7-19-35)42-30-8-4-5-9-30/h10-15,22,25,29-30H,3-9,16-21,23-24H2,1-2H3,(H,36,40)(H,37,38). The summed E-state index contributed by atoms with van der Waals surface area (Å²) in [5, 5.41) is 11.9. The normalized spacial score (nSPS) is 20.4. The third-order valence-electron chi connectivity index (χ3n) is 9.47. The molecule has 1 amide bonds. The Balaban J connectivity index is 1.09. The van der Waals surface area contributed by atoms with Crippen molar-refractivity contribution in [2.75, 3.05) is 26.2 Å². The predicted octanol–water partition coefficient (Wildman–Crippen LogP) is 7.12. The number of likely N-dealkylation sites (tertiary alicyclic amines) is 1. The predicted molar refractivity (Wildman–Crippen MR) is 168 cm³/mol. The average Bonchev–Trinajstić information content (AvgIpc) is 3.67. The highest BCUT2D eigenvalue weighted by atomic mass is 16.5. The van der Waals surface area contributed by atoms with Crippen LogP contribution in [-0.2, 0) is 4.74 Å². The molecular weight excluding hydrogens is 524 g/mol. The van der Waals surface area contributed by atoms with Gasteiger partial charge in [0.05, 0.1) is 22.9 Å². The lowest BCUT2D eigenvalue weighted by atomic mass is 9.84. The zero-order valence-corrected chi connectivity index (χ0v) is 25.5. The fourth-order valence-corrected chi connectivity index (χ4v) is 7.22. The number of carbonyl (C=O) groups is 1. The lowest BCUT2D eigenvalue weighted by Crippen LogP contribution is -2.48. The fraction of sp³-hybridized carbons (Fsp3) is 0.600. The lowest BCUT2D eigenvalue weighted by molar-refractivity contribution is -0.108. The number of aromatic amines is 1. The highest BCUT2D eigenvalue weighted by molar-refractivity contribution is 6.01. The van der Waals surface area contributed by atoms with Crippen molar-refractivity contribution in [2.45, 2.75) is 102 Å². The molecule has 7 heteroatoms. The van der Waals surface area contributed by atoms with Gasteiger partial charge in [0, 0.05) is 42.7 Å². The number of amides is 1. The Bertz CT molecular complexity index is 1310. The smallest absolute Gasteiger partial charge is 0.251 e. The van der Waals surface area contributed by atoms with Crippen LogP contribution in [0.1, 0.15) is 94.8 Å². The van der Waals surface area contributed by atoms with Crippen LogP contribution in [0.2, 0.25) is 0 Å². The molecule has 0 unspecified atom stereocenters. The largest absolute Gasteiger partial charge is 0.490 e. The molecule has 0 atom stereocenters. The van der Waals surface area contributed by atoms with Gasteiger partial charge in [-0.25, -0.2) is 0 Å². The maximum absolute atomic E-state index is 13.4. The third-order valence-corrected chi connectivity index (χ3v) is 9.47. The quantitative estimate of drug-likeness (QED) is 0.270. The van der Waals surface area contributed by atoms with Crippen LogP contribution in [0.3, 0.4) is 0 Å². The second kappa shape index (κ2) is 13.2. The van der Waals surface area contributed by atoms with Gasteiger partial charge in [-0.15, -0.1) is 0 Å². The molecule has 0 bridgehead atoms. The molecule has 226 valence electrons. The van der Waals surface area contributed by atoms with Crippen LogP contribution in [0.25, 0.3) is 22.2 Å². The van der Waals surface area contributed by atoms with Crippen molar-refractivity contribution in [3.05, 3.63) is 48.0 Å². The molecule has 2 heterocycles. The highest BCUT2D eigenvalue weighted by Gasteiger charge is 2.36. The molecule has 42 heavy (non-hydrogen) atoms. The van der Waals surface area contributed by atoms with Gasteiger partial charge in [-0.2, -0.15) is 5.10 Å². The second-order valence-electron chi connectivity index (χ2n) is 13.3. The summed E-state index contributed by atoms with van der Waals surface area (Å²) in [7, 11) is 0. The number of fused-ring (bicyclic) bond motifs is 1. The molecule has 2 aromatic carbocycles. The Morgan fingerprint density at radius 3 is 2.43 bits per heavy atom. The third kappa shape index (κ3) is 7.00. The van der Waals surface area contributed by atoms with E-state index in [9.17, 15) is 4.79 Å². The number of piperidine rings is 1. The van der Waals surface area contributed by atoms with E-state index in [1.807, 2.05) is 30.3 Å². The minimum Gasteiger partial charge on any atom is -0.490 e. The number of H-pyrrole nitrogens is 1. The van der Waals surface area contributed by atoms with Gasteiger partial charge >= 0.3 is 0 Å². The van der Waals surface area contributed by atoms with Gasteiger partial charge in [0.25, 0.3) is 5.91 Å². The maximum atomic E-state index is 13.4. The van der Waals surface area contributed by atoms with Crippen molar-refractivity contribution >= 4 is 16.8 Å². The van der Waals surface area contributed by atoms with E-state index in [0.29, 0.717) is 24.1 Å². The van der Waals surface area contributed by atoms with Gasteiger partial charge in [0.15, 0.2) is 0 Å². The van der Waals surface area contributed by atoms with Crippen molar-refractivity contribution in [1.29, 1.82) is 0 Å². The van der Waals surface area contributed by atoms with Gasteiger partial charge in [-0.1, -0.05) is 46.0 Å². The molecule has 3 aromatic rings. The van der Waals surface area contributed by atoms with Crippen LogP contribution in [0.5, 0.6) is 5.75 Å². The SMILES string of the molecule is CC(C)CN1CCC(Oc2ccc(-c3n[nH]c4ccc(C(=O)NCC5(OC6CCCC6)CCCCC5)cc34)cc2)CC1. The van der Waals surface area contributed by atoms with E-state index < -0.39 is 0 Å². The van der Waals surface area contributed by atoms with Crippen LogP contribution < -0.4 is 10.1 Å². The molecule has 2 saturated carbocycles. The Kier molecular flexibility index (Phi) is 9.15. The summed E-state index contributed by atoms with van der Waals surface area (Å²) in [5.74, 6) is 1.55. The first kappa shape index (κ1) is 29.2. The molecule has 2 aliphatic carbocycles. The van der Waals surface area contributed by atoms with Gasteiger partial charge in [-0.3, -0.25) is 9.89 Å². The highest BCUT2D eigenvalue weighted by Crippen LogP contribution is 2.36. The topological polar surface area (TPSA) is 79.5 Å². The Morgan fingerprint density at radius 1 is 0.976 bits per heavy atom. The summed E-state index contributed by atoms with van der Waals surface area (Å²) in [6, 6.07) is 14.0. The first-order chi connectivity index (χ1) is 20.5. The summed E-state index contributed by atoms with van der Waals surface area (Å²) in [5.41, 5.74) is 3.21. The summed E-state index contributed by atoms with van der Waals surface area (Å²) in [4.78, 5) is 15.9. The van der Waals surface area contributed by atoms with Crippen molar-refractivity contribution < 1.29 is 14.3 Å². The molecule has 0 radical (unpaired) electrons. The van der Waals surface area contributed by atoms with Gasteiger partial charge in [0.1, 0.15) is 11.9 Å². The van der Waals surface area contributed by atoms with Crippen LogP contribution >= 0.6 is 0 Å². The van der Waals surface area contributed by atoms with E-state index in [1.54, 1.807) is 0 Å². The summed E-state index contributed by atoms with van der Waals surface area (Å²) in [6.45, 7) is 8.51. The molecule has 3 aliphatic rings. The number of hydrogen-bond donors (Lipinski definition) is 2. The second-order valence-corrected chi connectivity index (χ2v) is 13.3. The molecule has 3 fully saturated rings. The minimum atomic E-state index is -0.220. The first-order valence-corrected chi connectivity index (χ1v) is 16.4. The molecule has 1 aromatic heterocycles. The number of nitrogens with one attached hydrogen (secondary N) is 2. The van der Waals surface area contributed by atoms with Gasteiger partial charge < -0.3 is 19.7 Å². The number of carbonyl (C=O) groups excluding carboxylic acids is 1. The first-order valence-electron chi connectivity index (χ1n) is 16.4. The lowest BCUT2D eigenvalue weighted by Gasteiger charge is -2.39. The zero-order chi connectivity index (χ0) is 28.9. The van der Waals surface area contributed by atoms with Crippen molar-refractivity contribution in [2.24, 2.45) is 5.92 Å². The molecule has 1 aliphatic heterocycles. The fourth-order valence-electron chi connectivity index (χ4n) is 7.22. The number of ether oxygens (including phenoxy) is 2. The van der Waals surface area contributed by atoms with E-state index in [1.165, 1.54) is 32.1 Å². The van der Waals surface area contributed by atoms with Crippen LogP contribution in [0.15, 0.2) is 42.5 Å². The molecule has 1 saturated heterocycles. The molecule has 0 spiro atoms. The van der Waals surface area contributed by atoms with Crippen molar-refractivity contribution in [3.63, 3.8) is 0 Å². The summed E-state index contributed by atoms with van der Waals surface area (Å²) in [6.07, 6.45) is 13.2. The van der Waals surface area contributed by atoms with Gasteiger partial charge in [0.2, 0.25) is 0 Å². The van der Waals surface area contributed by atoms with E-state index in [2.05, 4.69) is 46.4 Å². The van der Waals surface area contributed by atoms with E-state index in [4.69, 9.17) is 9.47 Å². The number of rotatable bonds is 10. The maximum Gasteiger partial charge on any atom is 0.251 e. The molecular formula is C35H48N4O3. The Labute approximate surface area is 250 Å². The number of aromatic nitrogens is 2. The van der Waals surface area contributed by atoms with Gasteiger partial charge in [-0.05, 0) is 86.9 Å². The summed E-state index contributed by atoms with van der Waals surface area (Å²) < 4.78 is 13.0. The summed E-state index contributed by atoms with van der Waals surface area (Å²) >= 11 is 0. The number of nitrogens with zero attached hydrogens (tertiary/aromatic N) is 2. The number of benzene rings is 2. The Hall–Kier alpha value is -2.90. The average molecular weight is 573 g/mol. The monoisotopic (exact) mass is 572 g/mol.